The van der Waals surface area contributed by atoms with Gasteiger partial charge in [-0.05, 0) is 42.3 Å². The van der Waals surface area contributed by atoms with Gasteiger partial charge in [0.2, 0.25) is 0 Å². The lowest BCUT2D eigenvalue weighted by Crippen LogP contribution is -2.48. The van der Waals surface area contributed by atoms with Crippen LogP contribution < -0.4 is 4.90 Å². The van der Waals surface area contributed by atoms with Crippen LogP contribution in [0.4, 0.5) is 5.69 Å². The Morgan fingerprint density at radius 3 is 2.13 bits per heavy atom. The Bertz CT molecular complexity index is 1670. The van der Waals surface area contributed by atoms with Gasteiger partial charge in [0.15, 0.2) is 17.3 Å². The summed E-state index contributed by atoms with van der Waals surface area (Å²) in [4.78, 5) is 45.8. The van der Waals surface area contributed by atoms with E-state index in [0.717, 1.165) is 26.9 Å². The summed E-state index contributed by atoms with van der Waals surface area (Å²) in [5.41, 5.74) is 3.66. The van der Waals surface area contributed by atoms with E-state index in [-0.39, 0.29) is 17.3 Å². The van der Waals surface area contributed by atoms with E-state index in [9.17, 15) is 14.4 Å². The number of rotatable bonds is 3. The second-order valence-electron chi connectivity index (χ2n) is 10.6. The van der Waals surface area contributed by atoms with Crippen molar-refractivity contribution in [2.75, 3.05) is 4.90 Å². The van der Waals surface area contributed by atoms with Crippen LogP contribution in [-0.4, -0.2) is 29.4 Å². The van der Waals surface area contributed by atoms with E-state index in [2.05, 4.69) is 26.9 Å². The van der Waals surface area contributed by atoms with Gasteiger partial charge < -0.3 is 4.90 Å². The average molecular weight is 574 g/mol. The van der Waals surface area contributed by atoms with E-state index in [1.165, 1.54) is 0 Å². The number of hydrogen-bond acceptors (Lipinski definition) is 4. The van der Waals surface area contributed by atoms with Crippen molar-refractivity contribution in [3.05, 3.63) is 141 Å². The quantitative estimate of drug-likeness (QED) is 0.194. The monoisotopic (exact) mass is 573 g/mol. The van der Waals surface area contributed by atoms with Gasteiger partial charge >= 0.3 is 0 Å². The molecule has 0 aromatic heterocycles. The van der Waals surface area contributed by atoms with Gasteiger partial charge in [-0.25, -0.2) is 0 Å². The van der Waals surface area contributed by atoms with Crippen LogP contribution in [0.15, 0.2) is 108 Å². The molecule has 7 rings (SSSR count). The summed E-state index contributed by atoms with van der Waals surface area (Å²) in [5, 5.41) is 0. The van der Waals surface area contributed by atoms with Gasteiger partial charge in [-0.3, -0.25) is 14.4 Å². The molecule has 39 heavy (non-hydrogen) atoms. The lowest BCUT2D eigenvalue weighted by Gasteiger charge is -2.37. The molecule has 1 spiro atoms. The van der Waals surface area contributed by atoms with Crippen molar-refractivity contribution < 1.29 is 14.4 Å². The van der Waals surface area contributed by atoms with E-state index in [1.54, 1.807) is 24.3 Å². The van der Waals surface area contributed by atoms with Crippen molar-refractivity contribution in [1.82, 2.24) is 0 Å². The molecule has 1 saturated heterocycles. The summed E-state index contributed by atoms with van der Waals surface area (Å²) >= 11 is 3.52. The Kier molecular flexibility index (Phi) is 5.36. The Morgan fingerprint density at radius 2 is 1.46 bits per heavy atom. The van der Waals surface area contributed by atoms with Crippen molar-refractivity contribution in [2.24, 2.45) is 5.41 Å². The molecule has 0 amide bonds. The molecule has 3 aliphatic rings. The molecule has 0 N–H and O–H groups in total. The molecular weight excluding hydrogens is 550 g/mol. The highest BCUT2D eigenvalue weighted by Gasteiger charge is 2.71. The van der Waals surface area contributed by atoms with Crippen LogP contribution in [0.5, 0.6) is 0 Å². The van der Waals surface area contributed by atoms with E-state index in [4.69, 9.17) is 0 Å². The Balaban J connectivity index is 1.55. The topological polar surface area (TPSA) is 54.5 Å². The maximum Gasteiger partial charge on any atom is 0.185 e. The van der Waals surface area contributed by atoms with Crippen LogP contribution in [0.3, 0.4) is 0 Å². The number of carbonyl (C=O) groups is 3. The number of halogens is 1. The SMILES string of the molecule is Cc1ccc2c(c1)C=C[C@@H]1N2[C@H](C(=O)c2ccccc2)[C@H](c2ccc(Br)cc2)C12C(=O)c1ccccc1C2=O. The normalized spacial score (nSPS) is 22.1. The van der Waals surface area contributed by atoms with E-state index in [0.29, 0.717) is 16.7 Å². The summed E-state index contributed by atoms with van der Waals surface area (Å²) in [5.74, 6) is -1.24. The van der Waals surface area contributed by atoms with Crippen LogP contribution in [0.25, 0.3) is 6.08 Å². The molecule has 1 fully saturated rings. The molecule has 4 aromatic rings. The van der Waals surface area contributed by atoms with Crippen LogP contribution in [0, 0.1) is 12.3 Å². The molecule has 1 aliphatic carbocycles. The number of Topliss-reactive ketones (excluding diaryl/α,β-unsaturated/α-hetero) is 3. The van der Waals surface area contributed by atoms with Gasteiger partial charge in [-0.1, -0.05) is 106 Å². The number of fused-ring (bicyclic) bond motifs is 5. The average Bonchev–Trinajstić information content (AvgIpc) is 3.39. The van der Waals surface area contributed by atoms with Crippen molar-refractivity contribution in [3.8, 4) is 0 Å². The number of ketones is 3. The highest BCUT2D eigenvalue weighted by Crippen LogP contribution is 2.61. The third-order valence-electron chi connectivity index (χ3n) is 8.52. The zero-order valence-corrected chi connectivity index (χ0v) is 22.8. The molecule has 4 aromatic carbocycles. The van der Waals surface area contributed by atoms with Crippen LogP contribution in [0.1, 0.15) is 53.7 Å². The van der Waals surface area contributed by atoms with Crippen molar-refractivity contribution in [3.63, 3.8) is 0 Å². The molecule has 190 valence electrons. The second-order valence-corrected chi connectivity index (χ2v) is 11.5. The molecule has 3 atom stereocenters. The summed E-state index contributed by atoms with van der Waals surface area (Å²) in [6, 6.07) is 28.7. The smallest absolute Gasteiger partial charge is 0.185 e. The minimum atomic E-state index is -1.48. The van der Waals surface area contributed by atoms with Crippen LogP contribution in [-0.2, 0) is 0 Å². The van der Waals surface area contributed by atoms with E-state index >= 15 is 0 Å². The Morgan fingerprint density at radius 1 is 0.821 bits per heavy atom. The summed E-state index contributed by atoms with van der Waals surface area (Å²) in [6.07, 6.45) is 3.97. The molecule has 0 bridgehead atoms. The zero-order chi connectivity index (χ0) is 26.9. The summed E-state index contributed by atoms with van der Waals surface area (Å²) < 4.78 is 0.884. The first-order valence-electron chi connectivity index (χ1n) is 13.0. The van der Waals surface area contributed by atoms with Gasteiger partial charge in [-0.15, -0.1) is 0 Å². The number of hydrogen-bond donors (Lipinski definition) is 0. The number of nitrogens with zero attached hydrogens (tertiary/aromatic N) is 1. The third kappa shape index (κ3) is 3.26. The fourth-order valence-electron chi connectivity index (χ4n) is 6.91. The highest BCUT2D eigenvalue weighted by atomic mass is 79.9. The number of aryl methyl sites for hydroxylation is 1. The number of benzene rings is 4. The Labute approximate surface area is 235 Å². The maximum atomic E-state index is 14.6. The summed E-state index contributed by atoms with van der Waals surface area (Å²) in [6.45, 7) is 2.03. The molecule has 2 heterocycles. The molecule has 0 saturated carbocycles. The van der Waals surface area contributed by atoms with Gasteiger partial charge in [0.1, 0.15) is 11.5 Å². The van der Waals surface area contributed by atoms with Gasteiger partial charge in [0, 0.05) is 32.8 Å². The molecule has 4 nitrogen and oxygen atoms in total. The van der Waals surface area contributed by atoms with Gasteiger partial charge in [0.05, 0.1) is 6.04 Å². The molecule has 0 radical (unpaired) electrons. The number of anilines is 1. The molecular formula is C34H24BrNO3. The fraction of sp³-hybridized carbons (Fsp3) is 0.147. The van der Waals surface area contributed by atoms with Crippen molar-refractivity contribution in [1.29, 1.82) is 0 Å². The van der Waals surface area contributed by atoms with Crippen molar-refractivity contribution in [2.45, 2.75) is 24.9 Å². The van der Waals surface area contributed by atoms with Gasteiger partial charge in [0.25, 0.3) is 0 Å². The standard InChI is InChI=1S/C34H24BrNO3/c1-20-11-17-27-23(19-20)14-18-28-34(32(38)25-9-5-6-10-26(25)33(34)39)29(21-12-15-24(35)16-13-21)30(36(27)28)31(37)22-7-3-2-4-8-22/h2-19,28-30H,1H3/t28-,29-,30-/m0/s1. The van der Waals surface area contributed by atoms with Gasteiger partial charge in [-0.2, -0.15) is 0 Å². The second kappa shape index (κ2) is 8.72. The first-order valence-corrected chi connectivity index (χ1v) is 13.8. The minimum absolute atomic E-state index is 0.108. The fourth-order valence-corrected chi connectivity index (χ4v) is 7.18. The van der Waals surface area contributed by atoms with Crippen LogP contribution in [0.2, 0.25) is 0 Å². The largest absolute Gasteiger partial charge is 0.352 e. The number of carbonyl (C=O) groups excluding carboxylic acids is 3. The minimum Gasteiger partial charge on any atom is -0.352 e. The lowest BCUT2D eigenvalue weighted by atomic mass is 9.64. The van der Waals surface area contributed by atoms with Crippen molar-refractivity contribution >= 4 is 45.0 Å². The highest BCUT2D eigenvalue weighted by molar-refractivity contribution is 9.10. The summed E-state index contributed by atoms with van der Waals surface area (Å²) in [7, 11) is 0. The molecule has 5 heteroatoms. The van der Waals surface area contributed by atoms with E-state index in [1.807, 2.05) is 85.8 Å². The molecule has 0 unspecified atom stereocenters. The maximum absolute atomic E-state index is 14.6. The first kappa shape index (κ1) is 24.0. The predicted molar refractivity (Wildman–Crippen MR) is 155 cm³/mol. The predicted octanol–water partition coefficient (Wildman–Crippen LogP) is 7.07. The lowest BCUT2D eigenvalue weighted by molar-refractivity contribution is 0.0666. The first-order chi connectivity index (χ1) is 18.9. The van der Waals surface area contributed by atoms with E-state index < -0.39 is 23.4 Å². The zero-order valence-electron chi connectivity index (χ0n) is 21.2. The Hall–Kier alpha value is -4.09. The van der Waals surface area contributed by atoms with Crippen LogP contribution >= 0.6 is 15.9 Å². The third-order valence-corrected chi connectivity index (χ3v) is 9.04. The molecule has 2 aliphatic heterocycles.